The van der Waals surface area contributed by atoms with Gasteiger partial charge >= 0.3 is 5.97 Å². The maximum Gasteiger partial charge on any atom is 0.326 e. The van der Waals surface area contributed by atoms with Crippen molar-refractivity contribution in [1.82, 2.24) is 10.2 Å². The normalized spacial score (nSPS) is 30.8. The van der Waals surface area contributed by atoms with E-state index in [4.69, 9.17) is 5.11 Å². The summed E-state index contributed by atoms with van der Waals surface area (Å²) >= 11 is 0. The highest BCUT2D eigenvalue weighted by Crippen LogP contribution is 2.25. The standard InChI is InChI=1S/C9H12N2O4/c12-7-4-10-8(13)5-2-1-3-6(9(14)15)11(5)7/h5-6H,1-4H2,(H,10,13)(H,14,15). The van der Waals surface area contributed by atoms with Gasteiger partial charge < -0.3 is 15.3 Å². The second-order valence-corrected chi connectivity index (χ2v) is 3.82. The molecule has 15 heavy (non-hydrogen) atoms. The molecular weight excluding hydrogens is 200 g/mol. The quantitative estimate of drug-likeness (QED) is 0.580. The number of nitrogens with one attached hydrogen (secondary N) is 1. The molecule has 0 saturated carbocycles. The number of aliphatic carboxylic acids is 1. The lowest BCUT2D eigenvalue weighted by atomic mass is 9.93. The highest BCUT2D eigenvalue weighted by molar-refractivity contribution is 5.97. The first-order valence-electron chi connectivity index (χ1n) is 4.93. The summed E-state index contributed by atoms with van der Waals surface area (Å²) in [6.07, 6.45) is 1.66. The van der Waals surface area contributed by atoms with Crippen molar-refractivity contribution < 1.29 is 19.5 Å². The second-order valence-electron chi connectivity index (χ2n) is 3.82. The van der Waals surface area contributed by atoms with E-state index in [1.54, 1.807) is 0 Å². The predicted molar refractivity (Wildman–Crippen MR) is 48.9 cm³/mol. The topological polar surface area (TPSA) is 86.7 Å². The lowest BCUT2D eigenvalue weighted by Crippen LogP contribution is -2.64. The zero-order chi connectivity index (χ0) is 11.0. The van der Waals surface area contributed by atoms with Crippen molar-refractivity contribution in [2.45, 2.75) is 31.3 Å². The van der Waals surface area contributed by atoms with Gasteiger partial charge in [-0.1, -0.05) is 0 Å². The molecule has 2 saturated heterocycles. The van der Waals surface area contributed by atoms with Crippen molar-refractivity contribution in [3.63, 3.8) is 0 Å². The van der Waals surface area contributed by atoms with Gasteiger partial charge in [0.1, 0.15) is 12.1 Å². The summed E-state index contributed by atoms with van der Waals surface area (Å²) in [5.74, 6) is -1.56. The average molecular weight is 212 g/mol. The van der Waals surface area contributed by atoms with Crippen LogP contribution in [0.15, 0.2) is 0 Å². The van der Waals surface area contributed by atoms with Crippen molar-refractivity contribution >= 4 is 17.8 Å². The molecule has 2 aliphatic rings. The molecule has 0 radical (unpaired) electrons. The Bertz CT molecular complexity index is 322. The van der Waals surface area contributed by atoms with Crippen LogP contribution in [0.4, 0.5) is 0 Å². The summed E-state index contributed by atoms with van der Waals surface area (Å²) in [6, 6.07) is -1.41. The van der Waals surface area contributed by atoms with E-state index in [0.717, 1.165) is 0 Å². The van der Waals surface area contributed by atoms with E-state index in [-0.39, 0.29) is 18.4 Å². The van der Waals surface area contributed by atoms with Crippen molar-refractivity contribution in [2.75, 3.05) is 6.54 Å². The van der Waals surface area contributed by atoms with Gasteiger partial charge in [-0.05, 0) is 19.3 Å². The first-order valence-corrected chi connectivity index (χ1v) is 4.93. The first kappa shape index (κ1) is 9.95. The van der Waals surface area contributed by atoms with Gasteiger partial charge in [-0.15, -0.1) is 0 Å². The van der Waals surface area contributed by atoms with Crippen LogP contribution in [0.3, 0.4) is 0 Å². The average Bonchev–Trinajstić information content (AvgIpc) is 2.23. The third kappa shape index (κ3) is 1.55. The molecule has 2 atom stereocenters. The summed E-state index contributed by atoms with van der Waals surface area (Å²) in [5.41, 5.74) is 0. The Hall–Kier alpha value is -1.59. The van der Waals surface area contributed by atoms with Gasteiger partial charge in [-0.3, -0.25) is 9.59 Å². The van der Waals surface area contributed by atoms with E-state index in [1.807, 2.05) is 0 Å². The first-order chi connectivity index (χ1) is 7.11. The highest BCUT2D eigenvalue weighted by Gasteiger charge is 2.43. The van der Waals surface area contributed by atoms with Crippen molar-refractivity contribution in [3.05, 3.63) is 0 Å². The Morgan fingerprint density at radius 1 is 1.40 bits per heavy atom. The smallest absolute Gasteiger partial charge is 0.326 e. The molecule has 2 unspecified atom stereocenters. The molecule has 0 aromatic carbocycles. The molecule has 2 fully saturated rings. The van der Waals surface area contributed by atoms with Crippen LogP contribution in [0.1, 0.15) is 19.3 Å². The van der Waals surface area contributed by atoms with Gasteiger partial charge in [0.2, 0.25) is 11.8 Å². The van der Waals surface area contributed by atoms with Crippen LogP contribution < -0.4 is 5.32 Å². The number of carbonyl (C=O) groups excluding carboxylic acids is 2. The van der Waals surface area contributed by atoms with Crippen LogP contribution >= 0.6 is 0 Å². The number of hydrogen-bond donors (Lipinski definition) is 2. The van der Waals surface area contributed by atoms with E-state index in [2.05, 4.69) is 5.32 Å². The van der Waals surface area contributed by atoms with Crippen molar-refractivity contribution in [1.29, 1.82) is 0 Å². The number of piperazine rings is 1. The van der Waals surface area contributed by atoms with Crippen LogP contribution in [-0.2, 0) is 14.4 Å². The van der Waals surface area contributed by atoms with Crippen LogP contribution in [0.25, 0.3) is 0 Å². The van der Waals surface area contributed by atoms with Crippen LogP contribution in [-0.4, -0.2) is 46.4 Å². The molecule has 2 N–H and O–H groups in total. The van der Waals surface area contributed by atoms with Crippen LogP contribution in [0.2, 0.25) is 0 Å². The lowest BCUT2D eigenvalue weighted by Gasteiger charge is -2.41. The highest BCUT2D eigenvalue weighted by atomic mass is 16.4. The van der Waals surface area contributed by atoms with E-state index in [9.17, 15) is 14.4 Å². The SMILES string of the molecule is O=C(O)C1CCCC2C(=O)NCC(=O)N12. The number of fused-ring (bicyclic) bond motifs is 1. The Morgan fingerprint density at radius 2 is 2.13 bits per heavy atom. The van der Waals surface area contributed by atoms with Crippen LogP contribution in [0, 0.1) is 0 Å². The molecule has 2 heterocycles. The van der Waals surface area contributed by atoms with Crippen LogP contribution in [0.5, 0.6) is 0 Å². The molecule has 0 bridgehead atoms. The molecular formula is C9H12N2O4. The lowest BCUT2D eigenvalue weighted by molar-refractivity contribution is -0.160. The van der Waals surface area contributed by atoms with Gasteiger partial charge in [0.15, 0.2) is 0 Å². The molecule has 2 aliphatic heterocycles. The monoisotopic (exact) mass is 212 g/mol. The van der Waals surface area contributed by atoms with Crippen molar-refractivity contribution in [2.24, 2.45) is 0 Å². The predicted octanol–water partition coefficient (Wildman–Crippen LogP) is -1.05. The molecule has 0 aliphatic carbocycles. The second kappa shape index (κ2) is 3.52. The molecule has 82 valence electrons. The van der Waals surface area contributed by atoms with Gasteiger partial charge in [-0.25, -0.2) is 4.79 Å². The van der Waals surface area contributed by atoms with Crippen molar-refractivity contribution in [3.8, 4) is 0 Å². The molecule has 6 heteroatoms. The Morgan fingerprint density at radius 3 is 2.80 bits per heavy atom. The van der Waals surface area contributed by atoms with Gasteiger partial charge in [0.25, 0.3) is 0 Å². The minimum atomic E-state index is -1.03. The van der Waals surface area contributed by atoms with Gasteiger partial charge in [-0.2, -0.15) is 0 Å². The number of carboxylic acid groups (broad SMARTS) is 1. The molecule has 0 spiro atoms. The summed E-state index contributed by atoms with van der Waals surface area (Å²) in [4.78, 5) is 35.1. The minimum absolute atomic E-state index is 0.0842. The number of hydrogen-bond acceptors (Lipinski definition) is 3. The van der Waals surface area contributed by atoms with E-state index in [1.165, 1.54) is 4.90 Å². The summed E-state index contributed by atoms with van der Waals surface area (Å²) in [7, 11) is 0. The summed E-state index contributed by atoms with van der Waals surface area (Å²) in [5, 5.41) is 11.4. The van der Waals surface area contributed by atoms with E-state index < -0.39 is 18.1 Å². The zero-order valence-electron chi connectivity index (χ0n) is 8.10. The number of carbonyl (C=O) groups is 3. The maximum atomic E-state index is 11.5. The largest absolute Gasteiger partial charge is 0.480 e. The Labute approximate surface area is 86.2 Å². The molecule has 0 aromatic rings. The number of amides is 2. The van der Waals surface area contributed by atoms with Gasteiger partial charge in [0.05, 0.1) is 6.54 Å². The molecule has 6 nitrogen and oxygen atoms in total. The summed E-state index contributed by atoms with van der Waals surface area (Å²) < 4.78 is 0. The number of piperidine rings is 1. The fourth-order valence-electron chi connectivity index (χ4n) is 2.22. The maximum absolute atomic E-state index is 11.5. The minimum Gasteiger partial charge on any atom is -0.480 e. The van der Waals surface area contributed by atoms with E-state index >= 15 is 0 Å². The molecule has 0 aromatic heterocycles. The Kier molecular flexibility index (Phi) is 2.34. The fourth-order valence-corrected chi connectivity index (χ4v) is 2.22. The zero-order valence-corrected chi connectivity index (χ0v) is 8.10. The molecule has 2 amide bonds. The van der Waals surface area contributed by atoms with Gasteiger partial charge in [0, 0.05) is 0 Å². The fraction of sp³-hybridized carbons (Fsp3) is 0.667. The number of nitrogens with zero attached hydrogens (tertiary/aromatic N) is 1. The molecule has 2 rings (SSSR count). The van der Waals surface area contributed by atoms with E-state index in [0.29, 0.717) is 19.3 Å². The third-order valence-electron chi connectivity index (χ3n) is 2.92. The third-order valence-corrected chi connectivity index (χ3v) is 2.92. The number of carboxylic acids is 1. The number of rotatable bonds is 1. The Balaban J connectivity index is 2.27. The summed E-state index contributed by atoms with van der Waals surface area (Å²) in [6.45, 7) is -0.0842.